The molecule has 7 heteroatoms. The Morgan fingerprint density at radius 2 is 2.40 bits per heavy atom. The standard InChI is InChI=1S/C8H6N4OS2/c1-11-6(13)5-4(2-3-15-5)12-7(11)9-10-8(12)14/h2-3H,1H3,(H,10,14). The number of aromatic nitrogens is 4. The Hall–Kier alpha value is -1.47. The van der Waals surface area contributed by atoms with Gasteiger partial charge in [0.05, 0.1) is 5.52 Å². The first-order valence-electron chi connectivity index (χ1n) is 4.23. The van der Waals surface area contributed by atoms with Crippen LogP contribution in [-0.2, 0) is 7.05 Å². The molecular formula is C8H6N4OS2. The Bertz CT molecular complexity index is 775. The molecule has 15 heavy (non-hydrogen) atoms. The van der Waals surface area contributed by atoms with Crippen molar-refractivity contribution in [3.8, 4) is 0 Å². The minimum absolute atomic E-state index is 0.0403. The number of nitrogens with zero attached hydrogens (tertiary/aromatic N) is 3. The zero-order valence-electron chi connectivity index (χ0n) is 7.72. The Morgan fingerprint density at radius 3 is 3.20 bits per heavy atom. The van der Waals surface area contributed by atoms with Crippen LogP contribution in [0.2, 0.25) is 0 Å². The van der Waals surface area contributed by atoms with Crippen LogP contribution >= 0.6 is 23.6 Å². The van der Waals surface area contributed by atoms with Crippen molar-refractivity contribution in [1.82, 2.24) is 19.2 Å². The van der Waals surface area contributed by atoms with E-state index in [9.17, 15) is 4.79 Å². The van der Waals surface area contributed by atoms with Crippen molar-refractivity contribution in [2.45, 2.75) is 0 Å². The highest BCUT2D eigenvalue weighted by molar-refractivity contribution is 7.71. The maximum absolute atomic E-state index is 11.9. The molecule has 0 atom stereocenters. The second kappa shape index (κ2) is 2.77. The van der Waals surface area contributed by atoms with E-state index in [2.05, 4.69) is 10.2 Å². The number of H-pyrrole nitrogens is 1. The van der Waals surface area contributed by atoms with E-state index < -0.39 is 0 Å². The first kappa shape index (κ1) is 8.81. The van der Waals surface area contributed by atoms with E-state index in [4.69, 9.17) is 12.2 Å². The highest BCUT2D eigenvalue weighted by atomic mass is 32.1. The second-order valence-corrected chi connectivity index (χ2v) is 4.47. The van der Waals surface area contributed by atoms with Crippen molar-refractivity contribution in [3.05, 3.63) is 26.6 Å². The Morgan fingerprint density at radius 1 is 1.60 bits per heavy atom. The number of hydrogen-bond acceptors (Lipinski definition) is 4. The Labute approximate surface area is 92.6 Å². The minimum atomic E-state index is -0.0403. The van der Waals surface area contributed by atoms with Gasteiger partial charge in [0.2, 0.25) is 10.5 Å². The molecule has 76 valence electrons. The number of aromatic amines is 1. The second-order valence-electron chi connectivity index (χ2n) is 3.16. The number of hydrogen-bond donors (Lipinski definition) is 1. The van der Waals surface area contributed by atoms with Gasteiger partial charge in [0.15, 0.2) is 0 Å². The summed E-state index contributed by atoms with van der Waals surface area (Å²) in [5.41, 5.74) is 0.776. The van der Waals surface area contributed by atoms with E-state index in [0.717, 1.165) is 5.52 Å². The average Bonchev–Trinajstić information content (AvgIpc) is 2.80. The van der Waals surface area contributed by atoms with Crippen LogP contribution < -0.4 is 5.56 Å². The van der Waals surface area contributed by atoms with E-state index in [-0.39, 0.29) is 5.56 Å². The van der Waals surface area contributed by atoms with Crippen LogP contribution in [0.4, 0.5) is 0 Å². The molecule has 3 rings (SSSR count). The fourth-order valence-electron chi connectivity index (χ4n) is 1.61. The molecule has 0 fully saturated rings. The third kappa shape index (κ3) is 0.986. The Kier molecular flexibility index (Phi) is 1.63. The molecule has 0 saturated heterocycles. The van der Waals surface area contributed by atoms with E-state index in [1.165, 1.54) is 15.9 Å². The van der Waals surface area contributed by atoms with Gasteiger partial charge in [-0.1, -0.05) is 0 Å². The number of aryl methyl sites for hydroxylation is 1. The molecule has 0 amide bonds. The highest BCUT2D eigenvalue weighted by Gasteiger charge is 2.11. The average molecular weight is 238 g/mol. The van der Waals surface area contributed by atoms with Gasteiger partial charge in [-0.05, 0) is 23.7 Å². The molecule has 3 aromatic heterocycles. The molecule has 0 aromatic carbocycles. The maximum atomic E-state index is 11.9. The summed E-state index contributed by atoms with van der Waals surface area (Å²) in [5, 5.41) is 8.58. The van der Waals surface area contributed by atoms with Crippen LogP contribution in [0.1, 0.15) is 0 Å². The van der Waals surface area contributed by atoms with Gasteiger partial charge in [-0.3, -0.25) is 13.8 Å². The van der Waals surface area contributed by atoms with Gasteiger partial charge in [0.25, 0.3) is 5.56 Å². The van der Waals surface area contributed by atoms with Gasteiger partial charge in [-0.25, -0.2) is 5.10 Å². The summed E-state index contributed by atoms with van der Waals surface area (Å²) in [6, 6.07) is 1.87. The highest BCUT2D eigenvalue weighted by Crippen LogP contribution is 2.17. The summed E-state index contributed by atoms with van der Waals surface area (Å²) in [7, 11) is 1.69. The van der Waals surface area contributed by atoms with E-state index in [0.29, 0.717) is 15.2 Å². The van der Waals surface area contributed by atoms with Crippen molar-refractivity contribution < 1.29 is 0 Å². The summed E-state index contributed by atoms with van der Waals surface area (Å²) < 4.78 is 4.46. The minimum Gasteiger partial charge on any atom is -0.279 e. The lowest BCUT2D eigenvalue weighted by Crippen LogP contribution is -2.18. The van der Waals surface area contributed by atoms with Gasteiger partial charge < -0.3 is 0 Å². The number of thiophene rings is 1. The Balaban J connectivity index is 2.87. The van der Waals surface area contributed by atoms with E-state index in [1.807, 2.05) is 11.4 Å². The summed E-state index contributed by atoms with van der Waals surface area (Å²) in [6.07, 6.45) is 0. The monoisotopic (exact) mass is 238 g/mol. The van der Waals surface area contributed by atoms with Crippen LogP contribution in [0.15, 0.2) is 16.2 Å². The SMILES string of the molecule is Cn1c(=O)c2sccc2n2c(=S)[nH]nc12. The predicted octanol–water partition coefficient (Wildman–Crippen LogP) is 1.31. The topological polar surface area (TPSA) is 55.1 Å². The molecule has 0 aliphatic carbocycles. The normalized spacial score (nSPS) is 11.5. The van der Waals surface area contributed by atoms with Crippen molar-refractivity contribution in [1.29, 1.82) is 0 Å². The molecule has 0 aliphatic heterocycles. The fraction of sp³-hybridized carbons (Fsp3) is 0.125. The van der Waals surface area contributed by atoms with Gasteiger partial charge in [-0.15, -0.1) is 16.4 Å². The fourth-order valence-corrected chi connectivity index (χ4v) is 2.69. The maximum Gasteiger partial charge on any atom is 0.272 e. The smallest absolute Gasteiger partial charge is 0.272 e. The molecule has 0 radical (unpaired) electrons. The van der Waals surface area contributed by atoms with Crippen molar-refractivity contribution in [3.63, 3.8) is 0 Å². The van der Waals surface area contributed by atoms with Crippen LogP contribution in [-0.4, -0.2) is 19.2 Å². The van der Waals surface area contributed by atoms with Crippen molar-refractivity contribution in [2.24, 2.45) is 7.05 Å². The number of nitrogens with one attached hydrogen (secondary N) is 1. The zero-order chi connectivity index (χ0) is 10.6. The van der Waals surface area contributed by atoms with Crippen LogP contribution in [0.5, 0.6) is 0 Å². The lowest BCUT2D eigenvalue weighted by molar-refractivity contribution is 0.861. The zero-order valence-corrected chi connectivity index (χ0v) is 9.35. The van der Waals surface area contributed by atoms with Crippen LogP contribution in [0.3, 0.4) is 0 Å². The molecule has 3 heterocycles. The van der Waals surface area contributed by atoms with Gasteiger partial charge in [0, 0.05) is 7.05 Å². The number of fused-ring (bicyclic) bond motifs is 3. The van der Waals surface area contributed by atoms with E-state index >= 15 is 0 Å². The first-order valence-corrected chi connectivity index (χ1v) is 5.52. The van der Waals surface area contributed by atoms with Crippen molar-refractivity contribution in [2.75, 3.05) is 0 Å². The van der Waals surface area contributed by atoms with Crippen molar-refractivity contribution >= 4 is 39.5 Å². The molecule has 0 saturated carbocycles. The molecule has 5 nitrogen and oxygen atoms in total. The van der Waals surface area contributed by atoms with Crippen LogP contribution in [0.25, 0.3) is 16.0 Å². The van der Waals surface area contributed by atoms with E-state index in [1.54, 1.807) is 11.4 Å². The summed E-state index contributed by atoms with van der Waals surface area (Å²) >= 11 is 6.53. The molecule has 0 unspecified atom stereocenters. The predicted molar refractivity (Wildman–Crippen MR) is 61.0 cm³/mol. The molecule has 3 aromatic rings. The van der Waals surface area contributed by atoms with Crippen LogP contribution in [0, 0.1) is 4.77 Å². The first-order chi connectivity index (χ1) is 7.20. The summed E-state index contributed by atoms with van der Waals surface area (Å²) in [5.74, 6) is 0.538. The lowest BCUT2D eigenvalue weighted by Gasteiger charge is -2.00. The lowest BCUT2D eigenvalue weighted by atomic mass is 10.4. The molecule has 0 bridgehead atoms. The largest absolute Gasteiger partial charge is 0.279 e. The van der Waals surface area contributed by atoms with Gasteiger partial charge in [0.1, 0.15) is 4.70 Å². The third-order valence-corrected chi connectivity index (χ3v) is 3.50. The van der Waals surface area contributed by atoms with Gasteiger partial charge >= 0.3 is 0 Å². The quantitative estimate of drug-likeness (QED) is 0.601. The molecule has 1 N–H and O–H groups in total. The number of rotatable bonds is 0. The summed E-state index contributed by atoms with van der Waals surface area (Å²) in [6.45, 7) is 0. The van der Waals surface area contributed by atoms with Gasteiger partial charge in [-0.2, -0.15) is 0 Å². The molecule has 0 aliphatic rings. The summed E-state index contributed by atoms with van der Waals surface area (Å²) in [4.78, 5) is 11.9. The third-order valence-electron chi connectivity index (χ3n) is 2.34. The molecule has 0 spiro atoms. The molecular weight excluding hydrogens is 232 g/mol.